The Labute approximate surface area is 168 Å². The fourth-order valence-electron chi connectivity index (χ4n) is 2.73. The van der Waals surface area contributed by atoms with E-state index in [1.54, 1.807) is 18.2 Å². The summed E-state index contributed by atoms with van der Waals surface area (Å²) in [6.45, 7) is 1.48. The smallest absolute Gasteiger partial charge is 0.331 e. The lowest BCUT2D eigenvalue weighted by atomic mass is 10.0. The van der Waals surface area contributed by atoms with Gasteiger partial charge in [-0.15, -0.1) is 0 Å². The van der Waals surface area contributed by atoms with Crippen LogP contribution in [0.3, 0.4) is 0 Å². The molecule has 3 rings (SSSR count). The second-order valence-electron chi connectivity index (χ2n) is 6.33. The van der Waals surface area contributed by atoms with Crippen LogP contribution in [0, 0.1) is 5.82 Å². The topological polar surface area (TPSA) is 55.4 Å². The summed E-state index contributed by atoms with van der Waals surface area (Å²) in [4.78, 5) is 24.5. The number of amides is 1. The van der Waals surface area contributed by atoms with E-state index >= 15 is 0 Å². The fraction of sp³-hybridized carbons (Fsp3) is 0.0833. The number of carbonyl (C=O) groups is 2. The van der Waals surface area contributed by atoms with Crippen molar-refractivity contribution in [1.29, 1.82) is 0 Å². The first-order valence-electron chi connectivity index (χ1n) is 9.13. The number of benzene rings is 3. The van der Waals surface area contributed by atoms with Gasteiger partial charge in [-0.05, 0) is 30.7 Å². The highest BCUT2D eigenvalue weighted by Gasteiger charge is 2.18. The van der Waals surface area contributed by atoms with Crippen LogP contribution in [-0.4, -0.2) is 18.0 Å². The van der Waals surface area contributed by atoms with Crippen molar-refractivity contribution in [2.24, 2.45) is 0 Å². The minimum absolute atomic E-state index is 0.262. The zero-order valence-electron chi connectivity index (χ0n) is 15.8. The van der Waals surface area contributed by atoms with Crippen molar-refractivity contribution in [3.05, 3.63) is 96.3 Å². The molecular formula is C24H20FNO3. The molecule has 146 valence electrons. The Morgan fingerprint density at radius 1 is 0.931 bits per heavy atom. The molecule has 29 heavy (non-hydrogen) atoms. The molecule has 0 aromatic heterocycles. The maximum atomic E-state index is 13.6. The zero-order chi connectivity index (χ0) is 20.6. The third kappa shape index (κ3) is 5.39. The van der Waals surface area contributed by atoms with Crippen LogP contribution in [0.1, 0.15) is 12.5 Å². The van der Waals surface area contributed by atoms with Crippen LogP contribution in [0.4, 0.5) is 10.1 Å². The van der Waals surface area contributed by atoms with Gasteiger partial charge in [0.15, 0.2) is 6.10 Å². The number of halogens is 1. The average molecular weight is 389 g/mol. The summed E-state index contributed by atoms with van der Waals surface area (Å²) in [5.74, 6) is -1.63. The molecule has 1 N–H and O–H groups in total. The number of para-hydroxylation sites is 1. The highest BCUT2D eigenvalue weighted by molar-refractivity contribution is 5.99. The average Bonchev–Trinajstić information content (AvgIpc) is 2.74. The highest BCUT2D eigenvalue weighted by atomic mass is 19.1. The SMILES string of the molecule is C[C@H](OC(=O)/C=C/c1ccccc1F)C(=O)Nc1ccccc1-c1ccccc1. The maximum absolute atomic E-state index is 13.6. The van der Waals surface area contributed by atoms with Crippen LogP contribution in [0.25, 0.3) is 17.2 Å². The number of rotatable bonds is 6. The summed E-state index contributed by atoms with van der Waals surface area (Å²) >= 11 is 0. The molecule has 0 spiro atoms. The molecule has 0 aliphatic carbocycles. The van der Waals surface area contributed by atoms with Gasteiger partial charge in [0.2, 0.25) is 0 Å². The Kier molecular flexibility index (Phi) is 6.53. The van der Waals surface area contributed by atoms with E-state index in [4.69, 9.17) is 4.74 Å². The van der Waals surface area contributed by atoms with Gasteiger partial charge in [-0.1, -0.05) is 66.7 Å². The van der Waals surface area contributed by atoms with Gasteiger partial charge >= 0.3 is 5.97 Å². The molecule has 0 fully saturated rings. The summed E-state index contributed by atoms with van der Waals surface area (Å²) in [5, 5.41) is 2.80. The predicted molar refractivity (Wildman–Crippen MR) is 111 cm³/mol. The molecule has 0 saturated heterocycles. The minimum atomic E-state index is -1.02. The van der Waals surface area contributed by atoms with Crippen molar-refractivity contribution in [3.8, 4) is 11.1 Å². The van der Waals surface area contributed by atoms with Gasteiger partial charge in [0.1, 0.15) is 5.82 Å². The number of hydrogen-bond donors (Lipinski definition) is 1. The van der Waals surface area contributed by atoms with Crippen molar-refractivity contribution < 1.29 is 18.7 Å². The van der Waals surface area contributed by atoms with E-state index in [1.165, 1.54) is 25.1 Å². The predicted octanol–water partition coefficient (Wildman–Crippen LogP) is 5.08. The Hall–Kier alpha value is -3.73. The molecular weight excluding hydrogens is 369 g/mol. The zero-order valence-corrected chi connectivity index (χ0v) is 15.8. The molecule has 5 heteroatoms. The third-order valence-electron chi connectivity index (χ3n) is 4.24. The molecule has 0 aliphatic heterocycles. The normalized spacial score (nSPS) is 11.8. The van der Waals surface area contributed by atoms with E-state index in [-0.39, 0.29) is 5.56 Å². The van der Waals surface area contributed by atoms with E-state index in [9.17, 15) is 14.0 Å². The molecule has 1 atom stereocenters. The number of hydrogen-bond acceptors (Lipinski definition) is 3. The second-order valence-corrected chi connectivity index (χ2v) is 6.33. The lowest BCUT2D eigenvalue weighted by molar-refractivity contribution is -0.148. The number of nitrogens with one attached hydrogen (secondary N) is 1. The van der Waals surface area contributed by atoms with Crippen molar-refractivity contribution in [1.82, 2.24) is 0 Å². The fourth-order valence-corrected chi connectivity index (χ4v) is 2.73. The molecule has 0 radical (unpaired) electrons. The molecule has 4 nitrogen and oxygen atoms in total. The first kappa shape index (κ1) is 20.0. The van der Waals surface area contributed by atoms with Gasteiger partial charge in [0, 0.05) is 22.9 Å². The van der Waals surface area contributed by atoms with Crippen LogP contribution in [0.15, 0.2) is 84.9 Å². The van der Waals surface area contributed by atoms with Crippen molar-refractivity contribution >= 4 is 23.6 Å². The van der Waals surface area contributed by atoms with Gasteiger partial charge in [-0.25, -0.2) is 9.18 Å². The standard InChI is InChI=1S/C24H20FNO3/c1-17(29-23(27)16-15-19-11-5-7-13-21(19)25)24(28)26-22-14-8-6-12-20(22)18-9-3-2-4-10-18/h2-17H,1H3,(H,26,28)/b16-15+/t17-/m0/s1. The first-order chi connectivity index (χ1) is 14.0. The monoisotopic (exact) mass is 389 g/mol. The summed E-state index contributed by atoms with van der Waals surface area (Å²) in [5.41, 5.74) is 2.70. The lowest BCUT2D eigenvalue weighted by Gasteiger charge is -2.15. The van der Waals surface area contributed by atoms with Crippen molar-refractivity contribution in [3.63, 3.8) is 0 Å². The van der Waals surface area contributed by atoms with Crippen LogP contribution in [0.2, 0.25) is 0 Å². The van der Waals surface area contributed by atoms with E-state index in [1.807, 2.05) is 48.5 Å². The lowest BCUT2D eigenvalue weighted by Crippen LogP contribution is -2.29. The maximum Gasteiger partial charge on any atom is 0.331 e. The number of esters is 1. The number of ether oxygens (including phenoxy) is 1. The van der Waals surface area contributed by atoms with Gasteiger partial charge in [0.25, 0.3) is 5.91 Å². The van der Waals surface area contributed by atoms with Gasteiger partial charge in [-0.2, -0.15) is 0 Å². The van der Waals surface area contributed by atoms with Crippen LogP contribution in [-0.2, 0) is 14.3 Å². The summed E-state index contributed by atoms with van der Waals surface area (Å²) in [6, 6.07) is 23.1. The summed E-state index contributed by atoms with van der Waals surface area (Å²) in [6.07, 6.45) is 1.39. The first-order valence-corrected chi connectivity index (χ1v) is 9.13. The number of anilines is 1. The third-order valence-corrected chi connectivity index (χ3v) is 4.24. The van der Waals surface area contributed by atoms with Crippen molar-refractivity contribution in [2.75, 3.05) is 5.32 Å². The van der Waals surface area contributed by atoms with Crippen LogP contribution in [0.5, 0.6) is 0 Å². The van der Waals surface area contributed by atoms with Gasteiger partial charge in [0.05, 0.1) is 0 Å². The highest BCUT2D eigenvalue weighted by Crippen LogP contribution is 2.27. The quantitative estimate of drug-likeness (QED) is 0.473. The summed E-state index contributed by atoms with van der Waals surface area (Å²) in [7, 11) is 0. The Balaban J connectivity index is 1.64. The largest absolute Gasteiger partial charge is 0.449 e. The van der Waals surface area contributed by atoms with E-state index in [2.05, 4.69) is 5.32 Å². The molecule has 1 amide bonds. The van der Waals surface area contributed by atoms with E-state index in [0.717, 1.165) is 17.2 Å². The van der Waals surface area contributed by atoms with Gasteiger partial charge < -0.3 is 10.1 Å². The molecule has 0 unspecified atom stereocenters. The Morgan fingerprint density at radius 3 is 2.34 bits per heavy atom. The second kappa shape index (κ2) is 9.46. The van der Waals surface area contributed by atoms with Crippen LogP contribution >= 0.6 is 0 Å². The van der Waals surface area contributed by atoms with Crippen LogP contribution < -0.4 is 5.32 Å². The molecule has 3 aromatic rings. The molecule has 0 bridgehead atoms. The van der Waals surface area contributed by atoms with E-state index in [0.29, 0.717) is 5.69 Å². The summed E-state index contributed by atoms with van der Waals surface area (Å²) < 4.78 is 18.7. The minimum Gasteiger partial charge on any atom is -0.449 e. The Bertz CT molecular complexity index is 1030. The number of carbonyl (C=O) groups excluding carboxylic acids is 2. The molecule has 0 saturated carbocycles. The Morgan fingerprint density at radius 2 is 1.59 bits per heavy atom. The molecule has 3 aromatic carbocycles. The van der Waals surface area contributed by atoms with E-state index < -0.39 is 23.8 Å². The molecule has 0 heterocycles. The van der Waals surface area contributed by atoms with Gasteiger partial charge in [-0.3, -0.25) is 4.79 Å². The molecule has 0 aliphatic rings. The van der Waals surface area contributed by atoms with Crippen molar-refractivity contribution in [2.45, 2.75) is 13.0 Å².